The highest BCUT2D eigenvalue weighted by Crippen LogP contribution is 2.40. The van der Waals surface area contributed by atoms with Gasteiger partial charge >= 0.3 is 0 Å². The molecule has 0 unspecified atom stereocenters. The van der Waals surface area contributed by atoms with Crippen LogP contribution in [0, 0.1) is 0 Å². The summed E-state index contributed by atoms with van der Waals surface area (Å²) in [5, 5.41) is 0. The van der Waals surface area contributed by atoms with Crippen LogP contribution < -0.4 is 14.2 Å². The monoisotopic (exact) mass is 424 g/mol. The summed E-state index contributed by atoms with van der Waals surface area (Å²) in [4.78, 5) is 4.52. The molecule has 2 rings (SSSR count). The van der Waals surface area contributed by atoms with Gasteiger partial charge in [-0.1, -0.05) is 48.6 Å². The standard InChI is InChI=1S/C26H36N2O3/c1-20(16-22-12-9-8-10-13-22)19-28(15-11-14-27(3)4)21(2)23-17-24(29-5)26(31-7)25(18-23)30-6/h8-10,12-13,16-18H,2,11,14-15,19H2,1,3-7H3/b20-16+. The fraction of sp³-hybridized carbons (Fsp3) is 0.385. The Morgan fingerprint density at radius 1 is 0.935 bits per heavy atom. The minimum Gasteiger partial charge on any atom is -0.493 e. The van der Waals surface area contributed by atoms with Crippen LogP contribution in [0.1, 0.15) is 24.5 Å². The van der Waals surface area contributed by atoms with Crippen LogP contribution in [-0.2, 0) is 0 Å². The molecule has 5 heteroatoms. The average molecular weight is 425 g/mol. The van der Waals surface area contributed by atoms with Crippen LogP contribution in [0.2, 0.25) is 0 Å². The van der Waals surface area contributed by atoms with Gasteiger partial charge in [0.1, 0.15) is 0 Å². The first-order valence-electron chi connectivity index (χ1n) is 10.5. The molecule has 0 bridgehead atoms. The molecule has 0 aliphatic carbocycles. The molecule has 5 nitrogen and oxygen atoms in total. The topological polar surface area (TPSA) is 34.2 Å². The fourth-order valence-electron chi connectivity index (χ4n) is 3.50. The zero-order valence-electron chi connectivity index (χ0n) is 19.8. The number of methoxy groups -OCH3 is 3. The van der Waals surface area contributed by atoms with Crippen molar-refractivity contribution in [2.75, 3.05) is 55.1 Å². The maximum atomic E-state index is 5.54. The van der Waals surface area contributed by atoms with Crippen LogP contribution in [0.5, 0.6) is 17.2 Å². The van der Waals surface area contributed by atoms with E-state index < -0.39 is 0 Å². The predicted molar refractivity (Wildman–Crippen MR) is 130 cm³/mol. The van der Waals surface area contributed by atoms with Gasteiger partial charge in [-0.15, -0.1) is 0 Å². The Kier molecular flexibility index (Phi) is 9.47. The minimum absolute atomic E-state index is 0.584. The Hall–Kier alpha value is -2.92. The largest absolute Gasteiger partial charge is 0.493 e. The molecule has 2 aromatic rings. The maximum Gasteiger partial charge on any atom is 0.203 e. The highest BCUT2D eigenvalue weighted by molar-refractivity contribution is 5.69. The Morgan fingerprint density at radius 3 is 2.06 bits per heavy atom. The summed E-state index contributed by atoms with van der Waals surface area (Å²) in [5.74, 6) is 1.84. The van der Waals surface area contributed by atoms with Crippen molar-refractivity contribution < 1.29 is 14.2 Å². The third-order valence-corrected chi connectivity index (χ3v) is 5.07. The van der Waals surface area contributed by atoms with Crippen LogP contribution in [0.3, 0.4) is 0 Å². The van der Waals surface area contributed by atoms with Crippen LogP contribution in [0.4, 0.5) is 0 Å². The van der Waals surface area contributed by atoms with Crippen molar-refractivity contribution in [3.05, 3.63) is 65.7 Å². The lowest BCUT2D eigenvalue weighted by Crippen LogP contribution is -2.27. The molecule has 0 aliphatic heterocycles. The second kappa shape index (κ2) is 12.1. The molecule has 0 spiro atoms. The molecule has 31 heavy (non-hydrogen) atoms. The van der Waals surface area contributed by atoms with E-state index in [0.29, 0.717) is 17.2 Å². The Labute approximate surface area is 187 Å². The molecule has 0 radical (unpaired) electrons. The molecular weight excluding hydrogens is 388 g/mol. The third-order valence-electron chi connectivity index (χ3n) is 5.07. The molecule has 0 saturated carbocycles. The number of rotatable bonds is 12. The summed E-state index contributed by atoms with van der Waals surface area (Å²) in [7, 11) is 9.06. The van der Waals surface area contributed by atoms with Gasteiger partial charge in [-0.25, -0.2) is 0 Å². The van der Waals surface area contributed by atoms with Crippen molar-refractivity contribution in [2.24, 2.45) is 0 Å². The minimum atomic E-state index is 0.584. The number of hydrogen-bond donors (Lipinski definition) is 0. The van der Waals surface area contributed by atoms with E-state index in [-0.39, 0.29) is 0 Å². The van der Waals surface area contributed by atoms with Gasteiger partial charge in [0.25, 0.3) is 0 Å². The fourth-order valence-corrected chi connectivity index (χ4v) is 3.50. The molecule has 0 aromatic heterocycles. The van der Waals surface area contributed by atoms with Crippen molar-refractivity contribution in [3.63, 3.8) is 0 Å². The number of ether oxygens (including phenoxy) is 3. The molecule has 0 saturated heterocycles. The summed E-state index contributed by atoms with van der Waals surface area (Å²) in [5.41, 5.74) is 4.35. The van der Waals surface area contributed by atoms with E-state index >= 15 is 0 Å². The molecule has 0 aliphatic rings. The highest BCUT2D eigenvalue weighted by atomic mass is 16.5. The van der Waals surface area contributed by atoms with Gasteiger partial charge in [0, 0.05) is 24.4 Å². The first-order valence-corrected chi connectivity index (χ1v) is 10.5. The first kappa shape index (κ1) is 24.4. The van der Waals surface area contributed by atoms with E-state index in [4.69, 9.17) is 14.2 Å². The third kappa shape index (κ3) is 7.07. The van der Waals surface area contributed by atoms with Crippen molar-refractivity contribution >= 4 is 11.8 Å². The molecule has 0 heterocycles. The lowest BCUT2D eigenvalue weighted by Gasteiger charge is -2.29. The summed E-state index contributed by atoms with van der Waals surface area (Å²) in [6, 6.07) is 14.3. The van der Waals surface area contributed by atoms with Crippen LogP contribution in [0.15, 0.2) is 54.6 Å². The van der Waals surface area contributed by atoms with Gasteiger partial charge < -0.3 is 24.0 Å². The molecule has 2 aromatic carbocycles. The van der Waals surface area contributed by atoms with Crippen molar-refractivity contribution in [2.45, 2.75) is 13.3 Å². The molecule has 0 atom stereocenters. The van der Waals surface area contributed by atoms with E-state index in [1.165, 1.54) is 11.1 Å². The molecule has 0 fully saturated rings. The predicted octanol–water partition coefficient (Wildman–Crippen LogP) is 5.04. The van der Waals surface area contributed by atoms with Crippen LogP contribution in [-0.4, -0.2) is 64.9 Å². The van der Waals surface area contributed by atoms with Crippen molar-refractivity contribution in [3.8, 4) is 17.2 Å². The molecule has 0 amide bonds. The maximum absolute atomic E-state index is 5.54. The first-order chi connectivity index (χ1) is 14.9. The summed E-state index contributed by atoms with van der Waals surface area (Å²) >= 11 is 0. The summed E-state index contributed by atoms with van der Waals surface area (Å²) in [6.07, 6.45) is 3.26. The molecule has 168 valence electrons. The SMILES string of the molecule is C=C(c1cc(OC)c(OC)c(OC)c1)N(CCCN(C)C)C/C(C)=C/c1ccccc1. The Bertz CT molecular complexity index is 850. The van der Waals surface area contributed by atoms with Crippen LogP contribution >= 0.6 is 0 Å². The van der Waals surface area contributed by atoms with Gasteiger partial charge in [0.2, 0.25) is 5.75 Å². The van der Waals surface area contributed by atoms with E-state index in [9.17, 15) is 0 Å². The normalized spacial score (nSPS) is 11.4. The van der Waals surface area contributed by atoms with Crippen LogP contribution in [0.25, 0.3) is 11.8 Å². The van der Waals surface area contributed by atoms with Crippen molar-refractivity contribution in [1.82, 2.24) is 9.80 Å². The lowest BCUT2D eigenvalue weighted by molar-refractivity contribution is 0.323. The van der Waals surface area contributed by atoms with Gasteiger partial charge in [-0.3, -0.25) is 0 Å². The Morgan fingerprint density at radius 2 is 1.55 bits per heavy atom. The van der Waals surface area contributed by atoms with Gasteiger partial charge in [0.15, 0.2) is 11.5 Å². The number of nitrogens with zero attached hydrogens (tertiary/aromatic N) is 2. The lowest BCUT2D eigenvalue weighted by atomic mass is 10.1. The Balaban J connectivity index is 2.32. The van der Waals surface area contributed by atoms with Gasteiger partial charge in [-0.2, -0.15) is 0 Å². The summed E-state index contributed by atoms with van der Waals surface area (Å²) in [6.45, 7) is 9.28. The zero-order chi connectivity index (χ0) is 22.8. The number of benzene rings is 2. The number of hydrogen-bond acceptors (Lipinski definition) is 5. The second-order valence-electron chi connectivity index (χ2n) is 7.84. The van der Waals surface area contributed by atoms with E-state index in [1.807, 2.05) is 18.2 Å². The highest BCUT2D eigenvalue weighted by Gasteiger charge is 2.18. The van der Waals surface area contributed by atoms with Gasteiger partial charge in [-0.05, 0) is 51.7 Å². The van der Waals surface area contributed by atoms with Crippen molar-refractivity contribution in [1.29, 1.82) is 0 Å². The second-order valence-corrected chi connectivity index (χ2v) is 7.84. The smallest absolute Gasteiger partial charge is 0.203 e. The molecular formula is C26H36N2O3. The quantitative estimate of drug-likeness (QED) is 0.477. The van der Waals surface area contributed by atoms with E-state index in [1.54, 1.807) is 21.3 Å². The van der Waals surface area contributed by atoms with Gasteiger partial charge in [0.05, 0.1) is 21.3 Å². The zero-order valence-corrected chi connectivity index (χ0v) is 19.8. The average Bonchev–Trinajstić information content (AvgIpc) is 2.77. The summed E-state index contributed by atoms with van der Waals surface area (Å²) < 4.78 is 16.5. The van der Waals surface area contributed by atoms with E-state index in [2.05, 4.69) is 67.7 Å². The molecule has 0 N–H and O–H groups in total. The van der Waals surface area contributed by atoms with E-state index in [0.717, 1.165) is 37.3 Å².